The van der Waals surface area contributed by atoms with Gasteiger partial charge < -0.3 is 23.4 Å². The van der Waals surface area contributed by atoms with Crippen LogP contribution in [0, 0.1) is 7.43 Å². The quantitative estimate of drug-likeness (QED) is 0.484. The van der Waals surface area contributed by atoms with Gasteiger partial charge in [0, 0.05) is 0 Å². The van der Waals surface area contributed by atoms with Crippen molar-refractivity contribution in [1.82, 2.24) is 0 Å². The second kappa shape index (κ2) is 72.7. The molecular weight excluding hydrogens is 305 g/mol. The molecule has 0 amide bonds. The van der Waals surface area contributed by atoms with E-state index in [0.717, 1.165) is 0 Å². The molecule has 11 heavy (non-hydrogen) atoms. The summed E-state index contributed by atoms with van der Waals surface area (Å²) in [4.78, 5) is 0. The van der Waals surface area contributed by atoms with Gasteiger partial charge in [0.25, 0.3) is 0 Å². The normalized spacial score (nSPS) is 4.91. The van der Waals surface area contributed by atoms with E-state index < -0.39 is 0 Å². The Balaban J connectivity index is -0.0000000150. The Hall–Kier alpha value is 0.750. The minimum absolute atomic E-state index is 0. The SMILES string of the molecule is C[N-]C.C[N-]C.C[N-]C.[CH3-].[Hf+4]. The zero-order valence-corrected chi connectivity index (χ0v) is 12.4. The maximum Gasteiger partial charge on any atom is 4.00 e. The molecule has 0 aliphatic heterocycles. The Morgan fingerprint density at radius 2 is 0.545 bits per heavy atom. The summed E-state index contributed by atoms with van der Waals surface area (Å²) in [5.41, 5.74) is 0. The van der Waals surface area contributed by atoms with Crippen LogP contribution in [-0.4, -0.2) is 42.3 Å². The van der Waals surface area contributed by atoms with Gasteiger partial charge in [0.05, 0.1) is 0 Å². The summed E-state index contributed by atoms with van der Waals surface area (Å²) in [6.07, 6.45) is 0. The third-order valence-corrected chi connectivity index (χ3v) is 0. The van der Waals surface area contributed by atoms with E-state index in [1.54, 1.807) is 42.3 Å². The van der Waals surface area contributed by atoms with Crippen LogP contribution in [0.4, 0.5) is 0 Å². The summed E-state index contributed by atoms with van der Waals surface area (Å²) in [5.74, 6) is 0. The van der Waals surface area contributed by atoms with Crippen molar-refractivity contribution in [1.29, 1.82) is 0 Å². The van der Waals surface area contributed by atoms with Gasteiger partial charge in [-0.25, -0.2) is 0 Å². The van der Waals surface area contributed by atoms with E-state index in [-0.39, 0.29) is 33.3 Å². The van der Waals surface area contributed by atoms with Gasteiger partial charge in [-0.2, -0.15) is 42.3 Å². The first-order valence-electron chi connectivity index (χ1n) is 2.68. The van der Waals surface area contributed by atoms with Gasteiger partial charge in [0.15, 0.2) is 0 Å². The standard InChI is InChI=1S/3C2H6N.CH3.Hf/c3*1-3-2;;/h3*1-2H3;1H3;/q4*-1;+4. The van der Waals surface area contributed by atoms with E-state index in [1.807, 2.05) is 0 Å². The van der Waals surface area contributed by atoms with E-state index in [1.165, 1.54) is 0 Å². The van der Waals surface area contributed by atoms with Crippen molar-refractivity contribution in [3.05, 3.63) is 23.4 Å². The third kappa shape index (κ3) is 1460. The van der Waals surface area contributed by atoms with Crippen LogP contribution in [0.1, 0.15) is 0 Å². The third-order valence-electron chi connectivity index (χ3n) is 0. The molecule has 0 saturated carbocycles. The fourth-order valence-corrected chi connectivity index (χ4v) is 0. The van der Waals surface area contributed by atoms with Crippen LogP contribution in [0.25, 0.3) is 16.0 Å². The molecule has 0 radical (unpaired) electrons. The van der Waals surface area contributed by atoms with Crippen LogP contribution in [0.15, 0.2) is 0 Å². The molecule has 0 heterocycles. The molecule has 0 aromatic carbocycles. The van der Waals surface area contributed by atoms with Crippen LogP contribution in [0.5, 0.6) is 0 Å². The van der Waals surface area contributed by atoms with Crippen LogP contribution in [-0.2, 0) is 25.8 Å². The molecule has 0 atom stereocenters. The first-order chi connectivity index (χ1) is 4.24. The fourth-order valence-electron chi connectivity index (χ4n) is 0. The summed E-state index contributed by atoms with van der Waals surface area (Å²) in [5, 5.41) is 10.5. The number of nitrogens with zero attached hydrogens (tertiary/aromatic N) is 3. The Kier molecular flexibility index (Phi) is 197. The molecule has 0 rings (SSSR count). The molecule has 0 aromatic rings. The predicted molar refractivity (Wildman–Crippen MR) is 52.0 cm³/mol. The number of hydrogen-bond donors (Lipinski definition) is 0. The van der Waals surface area contributed by atoms with Crippen molar-refractivity contribution in [2.45, 2.75) is 0 Å². The van der Waals surface area contributed by atoms with E-state index in [9.17, 15) is 0 Å². The van der Waals surface area contributed by atoms with Gasteiger partial charge in [-0.3, -0.25) is 0 Å². The van der Waals surface area contributed by atoms with Gasteiger partial charge in [-0.05, 0) is 0 Å². The average molecular weight is 326 g/mol. The summed E-state index contributed by atoms with van der Waals surface area (Å²) < 4.78 is 0. The summed E-state index contributed by atoms with van der Waals surface area (Å²) in [6.45, 7) is 0. The number of rotatable bonds is 0. The first-order valence-corrected chi connectivity index (χ1v) is 2.68. The minimum atomic E-state index is 0. The van der Waals surface area contributed by atoms with E-state index in [4.69, 9.17) is 0 Å². The number of hydrogen-bond acceptors (Lipinski definition) is 0. The fraction of sp³-hybridized carbons (Fsp3) is 0.857. The first kappa shape index (κ1) is 29.8. The predicted octanol–water partition coefficient (Wildman–Crippen LogP) is 2.31. The van der Waals surface area contributed by atoms with E-state index in [0.29, 0.717) is 0 Å². The Labute approximate surface area is 91.5 Å². The minimum Gasteiger partial charge on any atom is -0.668 e. The summed E-state index contributed by atoms with van der Waals surface area (Å²) >= 11 is 0. The Bertz CT molecular complexity index is 18.4. The molecule has 0 saturated heterocycles. The molecule has 68 valence electrons. The smallest absolute Gasteiger partial charge is 0.668 e. The van der Waals surface area contributed by atoms with Crippen molar-refractivity contribution in [3.63, 3.8) is 0 Å². The molecule has 3 nitrogen and oxygen atoms in total. The molecule has 4 heteroatoms. The molecular formula is C7H21HfN3. The summed E-state index contributed by atoms with van der Waals surface area (Å²) in [7, 11) is 10.5. The molecule has 0 aliphatic rings. The Morgan fingerprint density at radius 1 is 0.545 bits per heavy atom. The monoisotopic (exact) mass is 327 g/mol. The molecule has 0 spiro atoms. The second-order valence-electron chi connectivity index (χ2n) is 1.34. The van der Waals surface area contributed by atoms with E-state index in [2.05, 4.69) is 16.0 Å². The molecule has 0 fully saturated rings. The van der Waals surface area contributed by atoms with Gasteiger partial charge >= 0.3 is 25.8 Å². The average Bonchev–Trinajstić information content (AvgIpc) is 1.70. The van der Waals surface area contributed by atoms with Crippen LogP contribution in [0.3, 0.4) is 0 Å². The topological polar surface area (TPSA) is 42.3 Å². The van der Waals surface area contributed by atoms with Gasteiger partial charge in [0.1, 0.15) is 0 Å². The molecule has 0 N–H and O–H groups in total. The molecule has 0 aromatic heterocycles. The maximum atomic E-state index is 3.50. The van der Waals surface area contributed by atoms with Crippen LogP contribution < -0.4 is 0 Å². The molecule has 0 unspecified atom stereocenters. The van der Waals surface area contributed by atoms with Crippen molar-refractivity contribution >= 4 is 0 Å². The van der Waals surface area contributed by atoms with Gasteiger partial charge in [-0.15, -0.1) is 0 Å². The van der Waals surface area contributed by atoms with Gasteiger partial charge in [-0.1, -0.05) is 0 Å². The van der Waals surface area contributed by atoms with E-state index >= 15 is 0 Å². The largest absolute Gasteiger partial charge is 4.00 e. The molecule has 0 bridgehead atoms. The van der Waals surface area contributed by atoms with Crippen molar-refractivity contribution < 1.29 is 25.8 Å². The maximum absolute atomic E-state index is 3.50. The van der Waals surface area contributed by atoms with Crippen LogP contribution in [0.2, 0.25) is 0 Å². The summed E-state index contributed by atoms with van der Waals surface area (Å²) in [6, 6.07) is 0. The van der Waals surface area contributed by atoms with Crippen molar-refractivity contribution in [2.24, 2.45) is 0 Å². The van der Waals surface area contributed by atoms with Crippen molar-refractivity contribution in [3.8, 4) is 0 Å². The van der Waals surface area contributed by atoms with Crippen LogP contribution >= 0.6 is 0 Å². The molecule has 0 aliphatic carbocycles. The second-order valence-corrected chi connectivity index (χ2v) is 1.34. The van der Waals surface area contributed by atoms with Gasteiger partial charge in [0.2, 0.25) is 0 Å². The zero-order chi connectivity index (χ0) is 8.12. The Morgan fingerprint density at radius 3 is 0.545 bits per heavy atom. The zero-order valence-electron chi connectivity index (χ0n) is 8.84. The van der Waals surface area contributed by atoms with Crippen molar-refractivity contribution in [2.75, 3.05) is 42.3 Å².